The maximum atomic E-state index is 2.51. The molecule has 2 aromatic rings. The van der Waals surface area contributed by atoms with Gasteiger partial charge >= 0.3 is 0 Å². The lowest BCUT2D eigenvalue weighted by Gasteiger charge is -2.32. The minimum Gasteiger partial charge on any atom is -0.0694 e. The average Bonchev–Trinajstić information content (AvgIpc) is 2.87. The van der Waals surface area contributed by atoms with Crippen molar-refractivity contribution in [1.82, 2.24) is 0 Å². The highest BCUT2D eigenvalue weighted by Crippen LogP contribution is 2.32. The summed E-state index contributed by atoms with van der Waals surface area (Å²) >= 11 is 0. The molecule has 22 heavy (non-hydrogen) atoms. The fraction of sp³-hybridized carbons (Fsp3) is 0.238. The molecule has 1 unspecified atom stereocenters. The zero-order valence-electron chi connectivity index (χ0n) is 14.0. The van der Waals surface area contributed by atoms with E-state index in [1.807, 2.05) is 0 Å². The van der Waals surface area contributed by atoms with Crippen LogP contribution in [0.5, 0.6) is 0 Å². The molecule has 1 atom stereocenters. The van der Waals surface area contributed by atoms with Crippen LogP contribution in [0.25, 0.3) is 0 Å². The monoisotopic (exact) mass is 304 g/mol. The fourth-order valence-electron chi connectivity index (χ4n) is 3.67. The molecule has 0 aliphatic heterocycles. The van der Waals surface area contributed by atoms with Gasteiger partial charge in [-0.15, -0.1) is 0 Å². The molecule has 2 aromatic carbocycles. The van der Waals surface area contributed by atoms with E-state index in [0.717, 1.165) is 6.42 Å². The summed E-state index contributed by atoms with van der Waals surface area (Å²) in [5.41, 5.74) is 4.31. The van der Waals surface area contributed by atoms with Gasteiger partial charge in [0.15, 0.2) is 0 Å². The van der Waals surface area contributed by atoms with Gasteiger partial charge in [0.05, 0.1) is 0 Å². The molecule has 0 nitrogen and oxygen atoms in total. The molecular formula is C21H24Si. The number of allylic oxidation sites excluding steroid dienone is 4. The van der Waals surface area contributed by atoms with E-state index in [1.54, 1.807) is 5.20 Å². The van der Waals surface area contributed by atoms with Crippen LogP contribution in [-0.4, -0.2) is 8.07 Å². The SMILES string of the molecule is CC1=CC(C)=C([Si](C)(c2ccccc2)c2ccc(C)cc2)C1. The summed E-state index contributed by atoms with van der Waals surface area (Å²) in [5.74, 6) is 0. The predicted molar refractivity (Wildman–Crippen MR) is 99.6 cm³/mol. The Kier molecular flexibility index (Phi) is 3.92. The molecule has 1 aliphatic carbocycles. The van der Waals surface area contributed by atoms with Gasteiger partial charge in [-0.05, 0) is 37.6 Å². The van der Waals surface area contributed by atoms with Crippen molar-refractivity contribution in [2.75, 3.05) is 0 Å². The summed E-state index contributed by atoms with van der Waals surface area (Å²) in [7, 11) is -1.87. The molecule has 0 saturated carbocycles. The molecule has 112 valence electrons. The van der Waals surface area contributed by atoms with Gasteiger partial charge in [0.1, 0.15) is 8.07 Å². The molecule has 0 amide bonds. The van der Waals surface area contributed by atoms with Crippen LogP contribution in [0.15, 0.2) is 77.0 Å². The second-order valence-electron chi connectivity index (χ2n) is 6.69. The van der Waals surface area contributed by atoms with E-state index in [4.69, 9.17) is 0 Å². The number of hydrogen-bond donors (Lipinski definition) is 0. The summed E-state index contributed by atoms with van der Waals surface area (Å²) in [5, 5.41) is 4.69. The molecule has 0 N–H and O–H groups in total. The molecule has 0 heterocycles. The minimum atomic E-state index is -1.87. The molecule has 1 heteroatoms. The summed E-state index contributed by atoms with van der Waals surface area (Å²) in [6.07, 6.45) is 3.51. The number of rotatable bonds is 3. The Balaban J connectivity index is 2.20. The summed E-state index contributed by atoms with van der Waals surface area (Å²) in [6.45, 7) is 9.22. The smallest absolute Gasteiger partial charge is 0.0694 e. The largest absolute Gasteiger partial charge is 0.141 e. The van der Waals surface area contributed by atoms with Crippen LogP contribution in [-0.2, 0) is 0 Å². The fourth-order valence-corrected chi connectivity index (χ4v) is 7.89. The van der Waals surface area contributed by atoms with Crippen molar-refractivity contribution in [2.45, 2.75) is 33.7 Å². The predicted octanol–water partition coefficient (Wildman–Crippen LogP) is 4.39. The van der Waals surface area contributed by atoms with Crippen LogP contribution in [0.1, 0.15) is 25.8 Å². The third-order valence-corrected chi connectivity index (χ3v) is 9.73. The standard InChI is InChI=1S/C21H24Si/c1-16-10-12-20(13-11-16)22(4,19-8-6-5-7-9-19)21-15-17(2)14-18(21)3/h5-14H,15H2,1-4H3. The van der Waals surface area contributed by atoms with Gasteiger partial charge in [-0.3, -0.25) is 0 Å². The quantitative estimate of drug-likeness (QED) is 0.738. The van der Waals surface area contributed by atoms with E-state index in [-0.39, 0.29) is 0 Å². The highest BCUT2D eigenvalue weighted by Gasteiger charge is 2.38. The second-order valence-corrected chi connectivity index (χ2v) is 10.7. The van der Waals surface area contributed by atoms with E-state index in [1.165, 1.54) is 27.1 Å². The van der Waals surface area contributed by atoms with Gasteiger partial charge in [0, 0.05) is 0 Å². The highest BCUT2D eigenvalue weighted by molar-refractivity contribution is 7.06. The Hall–Kier alpha value is -1.86. The Morgan fingerprint density at radius 3 is 1.91 bits per heavy atom. The molecule has 1 aliphatic rings. The van der Waals surface area contributed by atoms with Gasteiger partial charge in [0.25, 0.3) is 0 Å². The first-order valence-electron chi connectivity index (χ1n) is 8.02. The molecule has 0 fully saturated rings. The van der Waals surface area contributed by atoms with Gasteiger partial charge in [-0.1, -0.05) is 89.1 Å². The molecule has 0 aromatic heterocycles. The van der Waals surface area contributed by atoms with Crippen LogP contribution in [0.2, 0.25) is 6.55 Å². The highest BCUT2D eigenvalue weighted by atomic mass is 28.3. The van der Waals surface area contributed by atoms with Crippen molar-refractivity contribution in [3.8, 4) is 0 Å². The molecule has 3 rings (SSSR count). The van der Waals surface area contributed by atoms with Crippen molar-refractivity contribution in [2.24, 2.45) is 0 Å². The van der Waals surface area contributed by atoms with Crippen molar-refractivity contribution < 1.29 is 0 Å². The minimum absolute atomic E-state index is 1.14. The topological polar surface area (TPSA) is 0 Å². The van der Waals surface area contributed by atoms with Gasteiger partial charge < -0.3 is 0 Å². The summed E-state index contributed by atoms with van der Waals surface area (Å²) < 4.78 is 0. The van der Waals surface area contributed by atoms with Crippen LogP contribution >= 0.6 is 0 Å². The van der Waals surface area contributed by atoms with E-state index in [9.17, 15) is 0 Å². The Morgan fingerprint density at radius 2 is 1.36 bits per heavy atom. The maximum absolute atomic E-state index is 2.51. The van der Waals surface area contributed by atoms with Crippen molar-refractivity contribution in [1.29, 1.82) is 0 Å². The van der Waals surface area contributed by atoms with Gasteiger partial charge in [-0.25, -0.2) is 0 Å². The van der Waals surface area contributed by atoms with Crippen molar-refractivity contribution in [3.63, 3.8) is 0 Å². The number of benzene rings is 2. The molecule has 0 saturated heterocycles. The third-order valence-electron chi connectivity index (χ3n) is 4.98. The Morgan fingerprint density at radius 1 is 0.773 bits per heavy atom. The Bertz CT molecular complexity index is 735. The lowest BCUT2D eigenvalue weighted by molar-refractivity contribution is 1.21. The number of aryl methyl sites for hydroxylation is 1. The van der Waals surface area contributed by atoms with Gasteiger partial charge in [0.2, 0.25) is 0 Å². The van der Waals surface area contributed by atoms with Crippen molar-refractivity contribution >= 4 is 18.4 Å². The molecule has 0 radical (unpaired) electrons. The summed E-state index contributed by atoms with van der Waals surface area (Å²) in [4.78, 5) is 0. The first-order chi connectivity index (χ1) is 10.5. The third kappa shape index (κ3) is 2.50. The average molecular weight is 305 g/mol. The Labute approximate surface area is 135 Å². The molecular weight excluding hydrogens is 280 g/mol. The van der Waals surface area contributed by atoms with Gasteiger partial charge in [-0.2, -0.15) is 0 Å². The van der Waals surface area contributed by atoms with Crippen LogP contribution in [0.4, 0.5) is 0 Å². The maximum Gasteiger partial charge on any atom is 0.141 e. The van der Waals surface area contributed by atoms with Crippen LogP contribution in [0.3, 0.4) is 0 Å². The summed E-state index contributed by atoms with van der Waals surface area (Å²) in [6, 6.07) is 20.3. The van der Waals surface area contributed by atoms with E-state index < -0.39 is 8.07 Å². The van der Waals surface area contributed by atoms with E-state index >= 15 is 0 Å². The van der Waals surface area contributed by atoms with Crippen molar-refractivity contribution in [3.05, 3.63) is 82.6 Å². The first kappa shape index (κ1) is 15.0. The first-order valence-corrected chi connectivity index (χ1v) is 10.5. The lowest BCUT2D eigenvalue weighted by atomic mass is 10.2. The van der Waals surface area contributed by atoms with E-state index in [0.29, 0.717) is 0 Å². The zero-order chi connectivity index (χ0) is 15.7. The lowest BCUT2D eigenvalue weighted by Crippen LogP contribution is -2.57. The normalized spacial score (nSPS) is 17.4. The van der Waals surface area contributed by atoms with Crippen LogP contribution in [0, 0.1) is 6.92 Å². The number of hydrogen-bond acceptors (Lipinski definition) is 0. The molecule has 0 spiro atoms. The molecule has 0 bridgehead atoms. The van der Waals surface area contributed by atoms with E-state index in [2.05, 4.69) is 88.0 Å². The van der Waals surface area contributed by atoms with Crippen LogP contribution < -0.4 is 10.4 Å². The second kappa shape index (κ2) is 5.73. The zero-order valence-corrected chi connectivity index (χ0v) is 15.0.